The summed E-state index contributed by atoms with van der Waals surface area (Å²) < 4.78 is 16.1. The molecule has 2 aliphatic heterocycles. The van der Waals surface area contributed by atoms with Crippen LogP contribution in [0, 0.1) is 0 Å². The number of morpholine rings is 1. The third kappa shape index (κ3) is 3.63. The number of amides is 1. The number of hydrogen-bond donors (Lipinski definition) is 1. The van der Waals surface area contributed by atoms with E-state index in [9.17, 15) is 4.79 Å². The number of hydrogen-bond acceptors (Lipinski definition) is 6. The first-order valence-corrected chi connectivity index (χ1v) is 9.27. The quantitative estimate of drug-likeness (QED) is 0.886. The van der Waals surface area contributed by atoms with Crippen molar-refractivity contribution in [3.8, 4) is 11.5 Å². The van der Waals surface area contributed by atoms with Crippen molar-refractivity contribution >= 4 is 17.2 Å². The molecule has 1 fully saturated rings. The van der Waals surface area contributed by atoms with Gasteiger partial charge >= 0.3 is 0 Å². The molecule has 132 valence electrons. The van der Waals surface area contributed by atoms with E-state index in [1.54, 1.807) is 29.5 Å². The molecule has 1 amide bonds. The van der Waals surface area contributed by atoms with E-state index in [2.05, 4.69) is 27.0 Å². The summed E-state index contributed by atoms with van der Waals surface area (Å²) in [5.74, 6) is 1.20. The van der Waals surface area contributed by atoms with Crippen LogP contribution in [0.1, 0.15) is 22.0 Å². The Morgan fingerprint density at radius 3 is 2.84 bits per heavy atom. The molecule has 3 heterocycles. The predicted octanol–water partition coefficient (Wildman–Crippen LogP) is 2.28. The van der Waals surface area contributed by atoms with E-state index < -0.39 is 0 Å². The molecule has 1 atom stereocenters. The molecule has 1 aromatic carbocycles. The monoisotopic (exact) mass is 360 g/mol. The molecule has 0 aliphatic carbocycles. The molecule has 0 saturated carbocycles. The zero-order chi connectivity index (χ0) is 17.1. The first-order valence-electron chi connectivity index (χ1n) is 8.33. The molecule has 1 N–H and O–H groups in total. The first-order chi connectivity index (χ1) is 12.3. The average Bonchev–Trinajstić information content (AvgIpc) is 3.34. The largest absolute Gasteiger partial charge is 0.454 e. The average molecular weight is 360 g/mol. The standard InChI is InChI=1S/C18H20N2O4S/c21-18(13-1-2-16-17(9-13)24-12-23-16)19-10-15(14-3-8-25-11-14)20-4-6-22-7-5-20/h1-3,8-9,11,15H,4-7,10,12H2,(H,19,21). The molecule has 7 heteroatoms. The number of nitrogens with one attached hydrogen (secondary N) is 1. The van der Waals surface area contributed by atoms with Gasteiger partial charge in [-0.15, -0.1) is 0 Å². The predicted molar refractivity (Wildman–Crippen MR) is 94.4 cm³/mol. The van der Waals surface area contributed by atoms with Crippen molar-refractivity contribution in [2.45, 2.75) is 6.04 Å². The van der Waals surface area contributed by atoms with Gasteiger partial charge in [-0.05, 0) is 40.6 Å². The van der Waals surface area contributed by atoms with Gasteiger partial charge in [0.2, 0.25) is 6.79 Å². The molecule has 25 heavy (non-hydrogen) atoms. The highest BCUT2D eigenvalue weighted by Gasteiger charge is 2.24. The highest BCUT2D eigenvalue weighted by atomic mass is 32.1. The van der Waals surface area contributed by atoms with Gasteiger partial charge in [-0.2, -0.15) is 11.3 Å². The number of fused-ring (bicyclic) bond motifs is 1. The Kier molecular flexibility index (Phi) is 4.87. The lowest BCUT2D eigenvalue weighted by Crippen LogP contribution is -2.43. The molecular formula is C18H20N2O4S. The zero-order valence-electron chi connectivity index (χ0n) is 13.8. The molecule has 0 radical (unpaired) electrons. The lowest BCUT2D eigenvalue weighted by Gasteiger charge is -2.34. The molecule has 2 aromatic rings. The van der Waals surface area contributed by atoms with Crippen LogP contribution in [0.4, 0.5) is 0 Å². The lowest BCUT2D eigenvalue weighted by molar-refractivity contribution is 0.0163. The van der Waals surface area contributed by atoms with Crippen LogP contribution in [-0.2, 0) is 4.74 Å². The van der Waals surface area contributed by atoms with Crippen molar-refractivity contribution in [1.29, 1.82) is 0 Å². The Hall–Kier alpha value is -2.09. The summed E-state index contributed by atoms with van der Waals surface area (Å²) in [5.41, 5.74) is 1.81. The van der Waals surface area contributed by atoms with Gasteiger partial charge in [0.05, 0.1) is 19.3 Å². The first kappa shape index (κ1) is 16.4. The highest BCUT2D eigenvalue weighted by molar-refractivity contribution is 7.07. The highest BCUT2D eigenvalue weighted by Crippen LogP contribution is 2.32. The molecule has 0 spiro atoms. The van der Waals surface area contributed by atoms with E-state index in [0.29, 0.717) is 23.6 Å². The zero-order valence-corrected chi connectivity index (χ0v) is 14.6. The van der Waals surface area contributed by atoms with Crippen LogP contribution >= 0.6 is 11.3 Å². The van der Waals surface area contributed by atoms with Crippen molar-refractivity contribution in [1.82, 2.24) is 10.2 Å². The van der Waals surface area contributed by atoms with E-state index in [-0.39, 0.29) is 18.7 Å². The second kappa shape index (κ2) is 7.43. The minimum Gasteiger partial charge on any atom is -0.454 e. The van der Waals surface area contributed by atoms with Crippen LogP contribution in [0.2, 0.25) is 0 Å². The normalized spacial score (nSPS) is 18.1. The van der Waals surface area contributed by atoms with E-state index in [1.807, 2.05) is 0 Å². The summed E-state index contributed by atoms with van der Waals surface area (Å²) in [6, 6.07) is 7.55. The molecule has 1 aromatic heterocycles. The van der Waals surface area contributed by atoms with E-state index in [1.165, 1.54) is 5.56 Å². The number of benzene rings is 1. The van der Waals surface area contributed by atoms with Crippen LogP contribution in [0.3, 0.4) is 0 Å². The van der Waals surface area contributed by atoms with Gasteiger partial charge in [0, 0.05) is 25.2 Å². The van der Waals surface area contributed by atoms with Crippen LogP contribution in [0.25, 0.3) is 0 Å². The Labute approximate surface area is 150 Å². The summed E-state index contributed by atoms with van der Waals surface area (Å²) in [7, 11) is 0. The second-order valence-corrected chi connectivity index (χ2v) is 6.78. The summed E-state index contributed by atoms with van der Waals surface area (Å²) in [6.07, 6.45) is 0. The van der Waals surface area contributed by atoms with Gasteiger partial charge in [-0.3, -0.25) is 9.69 Å². The summed E-state index contributed by atoms with van der Waals surface area (Å²) in [6.45, 7) is 3.98. The Morgan fingerprint density at radius 1 is 1.20 bits per heavy atom. The molecule has 1 unspecified atom stereocenters. The minimum atomic E-state index is -0.105. The summed E-state index contributed by atoms with van der Waals surface area (Å²) in [4.78, 5) is 14.9. The number of carbonyl (C=O) groups is 1. The maximum atomic E-state index is 12.6. The van der Waals surface area contributed by atoms with E-state index in [0.717, 1.165) is 26.3 Å². The van der Waals surface area contributed by atoms with Gasteiger partial charge in [0.25, 0.3) is 5.91 Å². The number of rotatable bonds is 5. The smallest absolute Gasteiger partial charge is 0.251 e. The molecule has 0 bridgehead atoms. The van der Waals surface area contributed by atoms with Gasteiger partial charge in [0.15, 0.2) is 11.5 Å². The van der Waals surface area contributed by atoms with Crippen LogP contribution in [0.15, 0.2) is 35.0 Å². The van der Waals surface area contributed by atoms with Crippen molar-refractivity contribution in [2.24, 2.45) is 0 Å². The van der Waals surface area contributed by atoms with Gasteiger partial charge in [-0.25, -0.2) is 0 Å². The van der Waals surface area contributed by atoms with E-state index >= 15 is 0 Å². The molecular weight excluding hydrogens is 340 g/mol. The maximum absolute atomic E-state index is 12.6. The van der Waals surface area contributed by atoms with Crippen molar-refractivity contribution in [2.75, 3.05) is 39.6 Å². The summed E-state index contributed by atoms with van der Waals surface area (Å²) in [5, 5.41) is 7.28. The SMILES string of the molecule is O=C(NCC(c1ccsc1)N1CCOCC1)c1ccc2c(c1)OCO2. The third-order valence-electron chi connectivity index (χ3n) is 4.51. The van der Waals surface area contributed by atoms with Crippen molar-refractivity contribution in [3.05, 3.63) is 46.2 Å². The van der Waals surface area contributed by atoms with Gasteiger partial charge in [-0.1, -0.05) is 0 Å². The Morgan fingerprint density at radius 2 is 2.04 bits per heavy atom. The fraction of sp³-hybridized carbons (Fsp3) is 0.389. The maximum Gasteiger partial charge on any atom is 0.251 e. The Bertz CT molecular complexity index is 729. The Balaban J connectivity index is 1.44. The van der Waals surface area contributed by atoms with Crippen LogP contribution in [-0.4, -0.2) is 50.4 Å². The molecule has 6 nitrogen and oxygen atoms in total. The fourth-order valence-electron chi connectivity index (χ4n) is 3.14. The molecule has 2 aliphatic rings. The number of carbonyl (C=O) groups excluding carboxylic acids is 1. The number of ether oxygens (including phenoxy) is 3. The van der Waals surface area contributed by atoms with Crippen LogP contribution in [0.5, 0.6) is 11.5 Å². The fourth-order valence-corrected chi connectivity index (χ4v) is 3.85. The van der Waals surface area contributed by atoms with Crippen molar-refractivity contribution in [3.63, 3.8) is 0 Å². The number of nitrogens with zero attached hydrogens (tertiary/aromatic N) is 1. The van der Waals surface area contributed by atoms with Gasteiger partial charge in [0.1, 0.15) is 0 Å². The van der Waals surface area contributed by atoms with Crippen molar-refractivity contribution < 1.29 is 19.0 Å². The number of thiophene rings is 1. The second-order valence-electron chi connectivity index (χ2n) is 6.00. The molecule has 4 rings (SSSR count). The summed E-state index contributed by atoms with van der Waals surface area (Å²) >= 11 is 1.67. The topological polar surface area (TPSA) is 60.0 Å². The minimum absolute atomic E-state index is 0.105. The third-order valence-corrected chi connectivity index (χ3v) is 5.21. The lowest BCUT2D eigenvalue weighted by atomic mass is 10.1. The van der Waals surface area contributed by atoms with Crippen LogP contribution < -0.4 is 14.8 Å². The van der Waals surface area contributed by atoms with E-state index in [4.69, 9.17) is 14.2 Å². The molecule has 1 saturated heterocycles. The van der Waals surface area contributed by atoms with Gasteiger partial charge < -0.3 is 19.5 Å².